The average molecular weight is 584 g/mol. The first-order chi connectivity index (χ1) is 20.1. The van der Waals surface area contributed by atoms with Crippen LogP contribution in [0.5, 0.6) is 0 Å². The van der Waals surface area contributed by atoms with Crippen LogP contribution in [0.3, 0.4) is 0 Å². The smallest absolute Gasteiger partial charge is 0.251 e. The minimum atomic E-state index is -3.74. The Morgan fingerprint density at radius 1 is 0.857 bits per heavy atom. The second-order valence-corrected chi connectivity index (χ2v) is 13.2. The molecule has 4 bridgehead atoms. The molecule has 0 spiro atoms. The summed E-state index contributed by atoms with van der Waals surface area (Å²) in [6, 6.07) is 32.0. The number of fused-ring (bicyclic) bond motifs is 4. The summed E-state index contributed by atoms with van der Waals surface area (Å²) in [6.07, 6.45) is 3.24. The predicted octanol–water partition coefficient (Wildman–Crippen LogP) is 5.68. The van der Waals surface area contributed by atoms with Crippen molar-refractivity contribution in [3.05, 3.63) is 131 Å². The van der Waals surface area contributed by atoms with Crippen LogP contribution in [-0.4, -0.2) is 32.7 Å². The van der Waals surface area contributed by atoms with Crippen molar-refractivity contribution in [3.8, 4) is 0 Å². The molecule has 0 unspecified atom stereocenters. The van der Waals surface area contributed by atoms with Crippen molar-refractivity contribution in [1.29, 1.82) is 0 Å². The number of para-hydroxylation sites is 1. The van der Waals surface area contributed by atoms with Gasteiger partial charge in [0.05, 0.1) is 36.9 Å². The number of hydrogen-bond donors (Lipinski definition) is 2. The number of anilines is 2. The fourth-order valence-corrected chi connectivity index (χ4v) is 6.47. The van der Waals surface area contributed by atoms with Crippen molar-refractivity contribution in [2.24, 2.45) is 5.73 Å². The van der Waals surface area contributed by atoms with Crippen molar-refractivity contribution in [1.82, 2.24) is 5.32 Å². The lowest BCUT2D eigenvalue weighted by atomic mass is 9.92. The van der Waals surface area contributed by atoms with Crippen molar-refractivity contribution < 1.29 is 17.9 Å². The molecule has 5 rings (SSSR count). The van der Waals surface area contributed by atoms with Crippen molar-refractivity contribution in [2.45, 2.75) is 44.4 Å². The van der Waals surface area contributed by atoms with Gasteiger partial charge >= 0.3 is 0 Å². The first kappa shape index (κ1) is 29.5. The van der Waals surface area contributed by atoms with Gasteiger partial charge in [0.2, 0.25) is 10.0 Å². The number of amides is 1. The molecule has 42 heavy (non-hydrogen) atoms. The molecule has 1 heterocycles. The summed E-state index contributed by atoms with van der Waals surface area (Å²) in [6.45, 7) is 2.41. The highest BCUT2D eigenvalue weighted by atomic mass is 32.2. The molecular formula is C34H37N3O4S. The first-order valence-corrected chi connectivity index (χ1v) is 15.9. The summed E-state index contributed by atoms with van der Waals surface area (Å²) in [5, 5.41) is 3.22. The second-order valence-electron chi connectivity index (χ2n) is 11.4. The Hall–Kier alpha value is -3.98. The van der Waals surface area contributed by atoms with Gasteiger partial charge in [-0.1, -0.05) is 72.8 Å². The highest BCUT2D eigenvalue weighted by molar-refractivity contribution is 7.92. The highest BCUT2D eigenvalue weighted by Crippen LogP contribution is 2.31. The summed E-state index contributed by atoms with van der Waals surface area (Å²) >= 11 is 0. The van der Waals surface area contributed by atoms with Crippen LogP contribution >= 0.6 is 0 Å². The number of nitrogens with one attached hydrogen (secondary N) is 1. The number of carbonyl (C=O) groups excluding carboxylic acids is 1. The molecule has 7 nitrogen and oxygen atoms in total. The normalized spacial score (nSPS) is 20.0. The third-order valence-corrected chi connectivity index (χ3v) is 8.41. The van der Waals surface area contributed by atoms with Crippen molar-refractivity contribution >= 4 is 27.3 Å². The summed E-state index contributed by atoms with van der Waals surface area (Å²) in [7, 11) is -3.74. The predicted molar refractivity (Wildman–Crippen MR) is 167 cm³/mol. The summed E-state index contributed by atoms with van der Waals surface area (Å²) < 4.78 is 33.4. The maximum atomic E-state index is 13.9. The molecule has 0 saturated carbocycles. The number of benzene rings is 4. The van der Waals surface area contributed by atoms with E-state index in [4.69, 9.17) is 10.5 Å². The zero-order chi connectivity index (χ0) is 29.7. The fraction of sp³-hybridized carbons (Fsp3) is 0.265. The molecule has 1 aliphatic heterocycles. The maximum Gasteiger partial charge on any atom is 0.251 e. The van der Waals surface area contributed by atoms with E-state index >= 15 is 0 Å². The zero-order valence-electron chi connectivity index (χ0n) is 24.0. The molecule has 0 aliphatic carbocycles. The molecule has 0 radical (unpaired) electrons. The Morgan fingerprint density at radius 3 is 2.26 bits per heavy atom. The van der Waals surface area contributed by atoms with E-state index in [2.05, 4.69) is 23.5 Å². The molecule has 218 valence electrons. The fourth-order valence-electron chi connectivity index (χ4n) is 5.48. The van der Waals surface area contributed by atoms with E-state index in [0.717, 1.165) is 23.8 Å². The SMILES string of the molecule is C[C@]1(N)COCc2cc(cc(N(c3ccccc3)S(C)(=O)=O)c2)C(=O)N[C@@H](c2ccccc2)CCc2cccc(c2)C1. The largest absolute Gasteiger partial charge is 0.375 e. The first-order valence-electron chi connectivity index (χ1n) is 14.1. The molecule has 3 N–H and O–H groups in total. The van der Waals surface area contributed by atoms with Gasteiger partial charge in [-0.15, -0.1) is 0 Å². The molecule has 2 atom stereocenters. The van der Waals surface area contributed by atoms with E-state index in [1.165, 1.54) is 9.87 Å². The van der Waals surface area contributed by atoms with E-state index in [-0.39, 0.29) is 25.2 Å². The van der Waals surface area contributed by atoms with Crippen LogP contribution in [0.25, 0.3) is 0 Å². The summed E-state index contributed by atoms with van der Waals surface area (Å²) in [5.41, 5.74) is 11.2. The van der Waals surface area contributed by atoms with Gasteiger partial charge in [0.15, 0.2) is 0 Å². The number of hydrogen-bond acceptors (Lipinski definition) is 5. The minimum absolute atomic E-state index is 0.162. The molecule has 4 aromatic carbocycles. The number of nitrogens with zero attached hydrogens (tertiary/aromatic N) is 1. The third kappa shape index (κ3) is 7.45. The molecule has 1 aliphatic rings. The number of carbonyl (C=O) groups is 1. The van der Waals surface area contributed by atoms with Gasteiger partial charge in [0, 0.05) is 11.1 Å². The lowest BCUT2D eigenvalue weighted by Crippen LogP contribution is -2.43. The van der Waals surface area contributed by atoms with Crippen molar-refractivity contribution in [3.63, 3.8) is 0 Å². The van der Waals surface area contributed by atoms with Crippen LogP contribution in [0.2, 0.25) is 0 Å². The zero-order valence-corrected chi connectivity index (χ0v) is 24.8. The molecule has 1 amide bonds. The van der Waals surface area contributed by atoms with Gasteiger partial charge in [-0.05, 0) is 78.8 Å². The van der Waals surface area contributed by atoms with E-state index in [0.29, 0.717) is 35.3 Å². The van der Waals surface area contributed by atoms with Crippen LogP contribution in [0.1, 0.15) is 52.0 Å². The Balaban J connectivity index is 1.58. The van der Waals surface area contributed by atoms with E-state index < -0.39 is 15.6 Å². The summed E-state index contributed by atoms with van der Waals surface area (Å²) in [4.78, 5) is 13.9. The number of rotatable bonds is 4. The van der Waals surface area contributed by atoms with Gasteiger partial charge in [0.25, 0.3) is 5.91 Å². The van der Waals surface area contributed by atoms with E-state index in [1.54, 1.807) is 42.5 Å². The minimum Gasteiger partial charge on any atom is -0.375 e. The van der Waals surface area contributed by atoms with Crippen LogP contribution in [0.4, 0.5) is 11.4 Å². The second kappa shape index (κ2) is 12.5. The van der Waals surface area contributed by atoms with Gasteiger partial charge in [-0.25, -0.2) is 12.7 Å². The highest BCUT2D eigenvalue weighted by Gasteiger charge is 2.25. The molecule has 8 heteroatoms. The number of nitrogens with two attached hydrogens (primary N) is 1. The van der Waals surface area contributed by atoms with Crippen molar-refractivity contribution in [2.75, 3.05) is 17.2 Å². The Bertz CT molecular complexity index is 1640. The lowest BCUT2D eigenvalue weighted by molar-refractivity contribution is 0.0789. The third-order valence-electron chi connectivity index (χ3n) is 7.33. The van der Waals surface area contributed by atoms with E-state index in [1.807, 2.05) is 49.4 Å². The van der Waals surface area contributed by atoms with Gasteiger partial charge < -0.3 is 15.8 Å². The molecule has 0 saturated heterocycles. The standard InChI is InChI=1S/C34H37N3O4S/c1-34(35)22-26-11-9-10-25(18-26)16-17-32(28-12-5-3-6-13-28)36-33(38)29-19-27(23-41-24-34)20-31(21-29)37(42(2,39)40)30-14-7-4-8-15-30/h3-15,18-21,32H,16-17,22-24,35H2,1-2H3,(H,36,38)/t32-,34-/m1/s1. The Kier molecular flexibility index (Phi) is 8.77. The molecule has 0 aromatic heterocycles. The quantitative estimate of drug-likeness (QED) is 0.322. The number of sulfonamides is 1. The number of ether oxygens (including phenoxy) is 1. The Labute approximate surface area is 248 Å². The molecule has 0 fully saturated rings. The van der Waals surface area contributed by atoms with Gasteiger partial charge in [-0.2, -0.15) is 0 Å². The number of aryl methyl sites for hydroxylation is 1. The van der Waals surface area contributed by atoms with Crippen LogP contribution in [-0.2, 0) is 34.2 Å². The molecule has 4 aromatic rings. The maximum absolute atomic E-state index is 13.9. The monoisotopic (exact) mass is 583 g/mol. The molecular weight excluding hydrogens is 546 g/mol. The van der Waals surface area contributed by atoms with Crippen LogP contribution in [0.15, 0.2) is 103 Å². The van der Waals surface area contributed by atoms with Gasteiger partial charge in [-0.3, -0.25) is 4.79 Å². The Morgan fingerprint density at radius 2 is 1.55 bits per heavy atom. The van der Waals surface area contributed by atoms with E-state index in [9.17, 15) is 13.2 Å². The topological polar surface area (TPSA) is 102 Å². The van der Waals surface area contributed by atoms with Crippen LogP contribution in [0, 0.1) is 0 Å². The average Bonchev–Trinajstić information content (AvgIpc) is 2.95. The lowest BCUT2D eigenvalue weighted by Gasteiger charge is -2.27. The van der Waals surface area contributed by atoms with Crippen LogP contribution < -0.4 is 15.4 Å². The van der Waals surface area contributed by atoms with Gasteiger partial charge in [0.1, 0.15) is 0 Å². The summed E-state index contributed by atoms with van der Waals surface area (Å²) in [5.74, 6) is -0.294.